The molecule has 0 atom stereocenters. The zero-order valence-corrected chi connectivity index (χ0v) is 11.5. The van der Waals surface area contributed by atoms with Crippen molar-refractivity contribution in [1.82, 2.24) is 20.4 Å². The summed E-state index contributed by atoms with van der Waals surface area (Å²) in [7, 11) is 3.53. The highest BCUT2D eigenvalue weighted by molar-refractivity contribution is 5.99. The van der Waals surface area contributed by atoms with E-state index >= 15 is 0 Å². The Bertz CT molecular complexity index is 596. The first kappa shape index (κ1) is 14.2. The van der Waals surface area contributed by atoms with Gasteiger partial charge in [0.05, 0.1) is 17.5 Å². The van der Waals surface area contributed by atoms with Crippen molar-refractivity contribution in [3.63, 3.8) is 0 Å². The molecule has 0 unspecified atom stereocenters. The average molecular weight is 276 g/mol. The second-order valence-electron chi connectivity index (χ2n) is 4.47. The standard InChI is InChI=1S/C14H17FN4O/c1-16-7-8-19(2)14(20)11-9-17-18-13(11)10-5-3-4-6-12(10)15/h3-6,9,16H,7-8H2,1-2H3,(H,17,18). The van der Waals surface area contributed by atoms with Gasteiger partial charge in [0.2, 0.25) is 0 Å². The Hall–Kier alpha value is -2.21. The largest absolute Gasteiger partial charge is 0.340 e. The Morgan fingerprint density at radius 3 is 2.90 bits per heavy atom. The van der Waals surface area contributed by atoms with E-state index in [0.29, 0.717) is 29.9 Å². The smallest absolute Gasteiger partial charge is 0.257 e. The molecule has 0 saturated carbocycles. The lowest BCUT2D eigenvalue weighted by Crippen LogP contribution is -2.32. The molecule has 0 bridgehead atoms. The number of hydrogen-bond acceptors (Lipinski definition) is 3. The molecule has 20 heavy (non-hydrogen) atoms. The minimum absolute atomic E-state index is 0.188. The molecular weight excluding hydrogens is 259 g/mol. The third kappa shape index (κ3) is 2.85. The third-order valence-electron chi connectivity index (χ3n) is 3.06. The van der Waals surface area contributed by atoms with Gasteiger partial charge in [-0.25, -0.2) is 4.39 Å². The number of amides is 1. The van der Waals surface area contributed by atoms with Gasteiger partial charge >= 0.3 is 0 Å². The van der Waals surface area contributed by atoms with Crippen molar-refractivity contribution in [3.8, 4) is 11.3 Å². The fraction of sp³-hybridized carbons (Fsp3) is 0.286. The van der Waals surface area contributed by atoms with Gasteiger partial charge in [-0.1, -0.05) is 12.1 Å². The minimum Gasteiger partial charge on any atom is -0.340 e. The number of aromatic nitrogens is 2. The van der Waals surface area contributed by atoms with Crippen LogP contribution in [0.2, 0.25) is 0 Å². The molecule has 0 aliphatic carbocycles. The van der Waals surface area contributed by atoms with Gasteiger partial charge in [-0.15, -0.1) is 0 Å². The van der Waals surface area contributed by atoms with Gasteiger partial charge in [0.15, 0.2) is 0 Å². The van der Waals surface area contributed by atoms with Crippen LogP contribution in [-0.2, 0) is 0 Å². The Labute approximate surface area is 116 Å². The van der Waals surface area contributed by atoms with E-state index in [4.69, 9.17) is 0 Å². The topological polar surface area (TPSA) is 61.0 Å². The number of nitrogens with one attached hydrogen (secondary N) is 2. The van der Waals surface area contributed by atoms with Crippen molar-refractivity contribution in [2.45, 2.75) is 0 Å². The predicted octanol–water partition coefficient (Wildman–Crippen LogP) is 1.51. The van der Waals surface area contributed by atoms with E-state index in [1.54, 1.807) is 30.1 Å². The lowest BCUT2D eigenvalue weighted by molar-refractivity contribution is 0.0797. The summed E-state index contributed by atoms with van der Waals surface area (Å²) in [4.78, 5) is 13.9. The maximum Gasteiger partial charge on any atom is 0.257 e. The Morgan fingerprint density at radius 1 is 1.45 bits per heavy atom. The summed E-state index contributed by atoms with van der Waals surface area (Å²) in [5.74, 6) is -0.573. The third-order valence-corrected chi connectivity index (χ3v) is 3.06. The van der Waals surface area contributed by atoms with Crippen LogP contribution < -0.4 is 5.32 Å². The number of halogens is 1. The molecule has 0 saturated heterocycles. The number of rotatable bonds is 5. The zero-order valence-electron chi connectivity index (χ0n) is 11.5. The summed E-state index contributed by atoms with van der Waals surface area (Å²) >= 11 is 0. The van der Waals surface area contributed by atoms with Gasteiger partial charge in [-0.05, 0) is 19.2 Å². The van der Waals surface area contributed by atoms with Crippen LogP contribution in [0.5, 0.6) is 0 Å². The average Bonchev–Trinajstić information content (AvgIpc) is 2.93. The number of aromatic amines is 1. The number of H-pyrrole nitrogens is 1. The molecule has 1 amide bonds. The Balaban J connectivity index is 2.29. The van der Waals surface area contributed by atoms with Gasteiger partial charge in [-0.2, -0.15) is 5.10 Å². The van der Waals surface area contributed by atoms with Crippen molar-refractivity contribution < 1.29 is 9.18 Å². The molecule has 1 aromatic heterocycles. The van der Waals surface area contributed by atoms with Gasteiger partial charge in [0.1, 0.15) is 5.82 Å². The van der Waals surface area contributed by atoms with Crippen LogP contribution >= 0.6 is 0 Å². The molecule has 0 aliphatic heterocycles. The van der Waals surface area contributed by atoms with E-state index in [9.17, 15) is 9.18 Å². The monoisotopic (exact) mass is 276 g/mol. The SMILES string of the molecule is CNCCN(C)C(=O)c1cn[nH]c1-c1ccccc1F. The summed E-state index contributed by atoms with van der Waals surface area (Å²) < 4.78 is 13.8. The van der Waals surface area contributed by atoms with Crippen molar-refractivity contribution in [1.29, 1.82) is 0 Å². The number of benzene rings is 1. The highest BCUT2D eigenvalue weighted by Gasteiger charge is 2.20. The van der Waals surface area contributed by atoms with Crippen LogP contribution in [0.4, 0.5) is 4.39 Å². The summed E-state index contributed by atoms with van der Waals surface area (Å²) in [6, 6.07) is 6.30. The zero-order chi connectivity index (χ0) is 14.5. The molecule has 1 heterocycles. The van der Waals surface area contributed by atoms with Crippen LogP contribution in [0, 0.1) is 5.82 Å². The molecule has 2 rings (SSSR count). The van der Waals surface area contributed by atoms with Gasteiger partial charge in [0, 0.05) is 25.7 Å². The molecule has 2 aromatic rings. The highest BCUT2D eigenvalue weighted by Crippen LogP contribution is 2.24. The molecule has 5 nitrogen and oxygen atoms in total. The molecule has 6 heteroatoms. The van der Waals surface area contributed by atoms with E-state index in [0.717, 1.165) is 0 Å². The second kappa shape index (κ2) is 6.29. The summed E-state index contributed by atoms with van der Waals surface area (Å²) in [6.07, 6.45) is 1.43. The Morgan fingerprint density at radius 2 is 2.20 bits per heavy atom. The summed E-state index contributed by atoms with van der Waals surface area (Å²) in [5, 5.41) is 9.55. The predicted molar refractivity (Wildman–Crippen MR) is 74.9 cm³/mol. The molecule has 0 aliphatic rings. The maximum atomic E-state index is 13.8. The first-order valence-corrected chi connectivity index (χ1v) is 6.33. The number of carbonyl (C=O) groups excluding carboxylic acids is 1. The number of hydrogen-bond donors (Lipinski definition) is 2. The normalized spacial score (nSPS) is 10.6. The van der Waals surface area contributed by atoms with Gasteiger partial charge < -0.3 is 10.2 Å². The summed E-state index contributed by atoms with van der Waals surface area (Å²) in [6.45, 7) is 1.26. The van der Waals surface area contributed by atoms with E-state index < -0.39 is 0 Å². The maximum absolute atomic E-state index is 13.8. The van der Waals surface area contributed by atoms with E-state index in [-0.39, 0.29) is 11.7 Å². The molecule has 0 spiro atoms. The fourth-order valence-electron chi connectivity index (χ4n) is 1.90. The Kier molecular flexibility index (Phi) is 4.47. The van der Waals surface area contributed by atoms with E-state index in [2.05, 4.69) is 15.5 Å². The lowest BCUT2D eigenvalue weighted by atomic mass is 10.1. The fourth-order valence-corrected chi connectivity index (χ4v) is 1.90. The van der Waals surface area contributed by atoms with Gasteiger partial charge in [-0.3, -0.25) is 9.89 Å². The second-order valence-corrected chi connectivity index (χ2v) is 4.47. The van der Waals surface area contributed by atoms with Crippen LogP contribution in [0.3, 0.4) is 0 Å². The van der Waals surface area contributed by atoms with Crippen molar-refractivity contribution in [3.05, 3.63) is 41.8 Å². The molecule has 2 N–H and O–H groups in total. The van der Waals surface area contributed by atoms with Crippen LogP contribution in [0.1, 0.15) is 10.4 Å². The number of nitrogens with zero attached hydrogens (tertiary/aromatic N) is 2. The van der Waals surface area contributed by atoms with Crippen LogP contribution in [0.25, 0.3) is 11.3 Å². The number of likely N-dealkylation sites (N-methyl/N-ethyl adjacent to an activating group) is 2. The van der Waals surface area contributed by atoms with Crippen molar-refractivity contribution in [2.75, 3.05) is 27.2 Å². The van der Waals surface area contributed by atoms with Crippen molar-refractivity contribution >= 4 is 5.91 Å². The first-order chi connectivity index (χ1) is 9.65. The lowest BCUT2D eigenvalue weighted by Gasteiger charge is -2.16. The quantitative estimate of drug-likeness (QED) is 0.870. The molecule has 0 fully saturated rings. The van der Waals surface area contributed by atoms with Crippen LogP contribution in [-0.4, -0.2) is 48.2 Å². The molecule has 1 aromatic carbocycles. The molecule has 106 valence electrons. The molecule has 0 radical (unpaired) electrons. The number of carbonyl (C=O) groups is 1. The minimum atomic E-state index is -0.385. The first-order valence-electron chi connectivity index (χ1n) is 6.33. The van der Waals surface area contributed by atoms with Crippen LogP contribution in [0.15, 0.2) is 30.5 Å². The molecular formula is C14H17FN4O. The van der Waals surface area contributed by atoms with Gasteiger partial charge in [0.25, 0.3) is 5.91 Å². The van der Waals surface area contributed by atoms with Crippen molar-refractivity contribution in [2.24, 2.45) is 0 Å². The van der Waals surface area contributed by atoms with E-state index in [1.807, 2.05) is 7.05 Å². The highest BCUT2D eigenvalue weighted by atomic mass is 19.1. The summed E-state index contributed by atoms with van der Waals surface area (Å²) in [5.41, 5.74) is 1.12. The van der Waals surface area contributed by atoms with E-state index in [1.165, 1.54) is 12.3 Å².